The number of nitrogens with zero attached hydrogens (tertiary/aromatic N) is 3. The van der Waals surface area contributed by atoms with Crippen LogP contribution < -0.4 is 4.74 Å². The first-order valence-corrected chi connectivity index (χ1v) is 11.0. The molecule has 0 aliphatic carbocycles. The molecule has 0 unspecified atom stereocenters. The second-order valence-corrected chi connectivity index (χ2v) is 8.74. The first-order chi connectivity index (χ1) is 15.0. The number of hydrogen-bond acceptors (Lipinski definition) is 6. The zero-order valence-electron chi connectivity index (χ0n) is 17.2. The fraction of sp³-hybridized carbons (Fsp3) is 0.304. The minimum atomic E-state index is -0.427. The predicted molar refractivity (Wildman–Crippen MR) is 122 cm³/mol. The van der Waals surface area contributed by atoms with E-state index in [9.17, 15) is 14.9 Å². The lowest BCUT2D eigenvalue weighted by Gasteiger charge is -2.30. The molecule has 8 heteroatoms. The third-order valence-corrected chi connectivity index (χ3v) is 6.45. The van der Waals surface area contributed by atoms with Gasteiger partial charge in [-0.3, -0.25) is 14.9 Å². The van der Waals surface area contributed by atoms with Gasteiger partial charge < -0.3 is 9.64 Å². The summed E-state index contributed by atoms with van der Waals surface area (Å²) in [5.41, 5.74) is 1.66. The van der Waals surface area contributed by atoms with Crippen molar-refractivity contribution in [3.8, 4) is 5.75 Å². The summed E-state index contributed by atoms with van der Waals surface area (Å²) in [4.78, 5) is 29.9. The summed E-state index contributed by atoms with van der Waals surface area (Å²) in [5.74, 6) is 1.14. The largest absolute Gasteiger partial charge is 0.488 e. The molecule has 1 saturated heterocycles. The maximum atomic E-state index is 12.5. The van der Waals surface area contributed by atoms with E-state index in [1.165, 1.54) is 23.9 Å². The van der Waals surface area contributed by atoms with Crippen LogP contribution in [-0.4, -0.2) is 34.0 Å². The van der Waals surface area contributed by atoms with Crippen LogP contribution in [0, 0.1) is 16.0 Å². The quantitative estimate of drug-likeness (QED) is 0.377. The third kappa shape index (κ3) is 5.14. The van der Waals surface area contributed by atoms with Gasteiger partial charge in [-0.15, -0.1) is 0 Å². The molecule has 0 bridgehead atoms. The Bertz CT molecular complexity index is 1040. The average molecular weight is 438 g/mol. The summed E-state index contributed by atoms with van der Waals surface area (Å²) in [7, 11) is 0. The number of para-hydroxylation sites is 1. The number of rotatable bonds is 5. The molecule has 2 aliphatic heterocycles. The van der Waals surface area contributed by atoms with Gasteiger partial charge in [-0.2, -0.15) is 4.99 Å². The normalized spacial score (nSPS) is 18.4. The van der Waals surface area contributed by atoms with Gasteiger partial charge in [0.05, 0.1) is 9.83 Å². The van der Waals surface area contributed by atoms with E-state index in [4.69, 9.17) is 4.74 Å². The average Bonchev–Trinajstić information content (AvgIpc) is 3.14. The van der Waals surface area contributed by atoms with E-state index in [1.54, 1.807) is 12.1 Å². The molecule has 0 aromatic heterocycles. The summed E-state index contributed by atoms with van der Waals surface area (Å²) in [6.07, 6.45) is 4.06. The number of hydrogen-bond donors (Lipinski definition) is 0. The Hall–Kier alpha value is -3.13. The molecule has 2 heterocycles. The van der Waals surface area contributed by atoms with Gasteiger partial charge in [-0.05, 0) is 60.4 Å². The second-order valence-electron chi connectivity index (χ2n) is 7.73. The number of thioether (sulfide) groups is 1. The molecule has 1 amide bonds. The van der Waals surface area contributed by atoms with E-state index >= 15 is 0 Å². The SMILES string of the molecule is CC1CCN(C2=NC(=O)C(=Cc3ccccc3OCc3ccc([N+](=O)[O-])cc3)S2)CC1. The molecule has 2 aliphatic rings. The number of piperidine rings is 1. The highest BCUT2D eigenvalue weighted by molar-refractivity contribution is 8.18. The Balaban J connectivity index is 1.44. The number of aliphatic imine (C=N–C) groups is 1. The molecule has 7 nitrogen and oxygen atoms in total. The molecular formula is C23H23N3O4S. The summed E-state index contributed by atoms with van der Waals surface area (Å²) in [5, 5.41) is 11.6. The Kier molecular flexibility index (Phi) is 6.36. The van der Waals surface area contributed by atoms with Gasteiger partial charge in [0, 0.05) is 30.8 Å². The molecule has 0 radical (unpaired) electrons. The molecule has 0 N–H and O–H groups in total. The minimum absolute atomic E-state index is 0.0459. The number of carbonyl (C=O) groups excluding carboxylic acids is 1. The van der Waals surface area contributed by atoms with Crippen molar-refractivity contribution in [2.45, 2.75) is 26.4 Å². The van der Waals surface area contributed by atoms with Crippen molar-refractivity contribution < 1.29 is 14.5 Å². The van der Waals surface area contributed by atoms with E-state index in [2.05, 4.69) is 16.8 Å². The van der Waals surface area contributed by atoms with Gasteiger partial charge in [-0.1, -0.05) is 25.1 Å². The molecule has 0 spiro atoms. The Morgan fingerprint density at radius 3 is 2.61 bits per heavy atom. The predicted octanol–water partition coefficient (Wildman–Crippen LogP) is 4.88. The van der Waals surface area contributed by atoms with Crippen molar-refractivity contribution in [2.24, 2.45) is 10.9 Å². The highest BCUT2D eigenvalue weighted by Gasteiger charge is 2.28. The summed E-state index contributed by atoms with van der Waals surface area (Å²) in [6.45, 7) is 4.39. The number of carbonyl (C=O) groups is 1. The van der Waals surface area contributed by atoms with Crippen LogP contribution in [0.15, 0.2) is 58.4 Å². The van der Waals surface area contributed by atoms with Gasteiger partial charge >= 0.3 is 0 Å². The van der Waals surface area contributed by atoms with Crippen LogP contribution >= 0.6 is 11.8 Å². The van der Waals surface area contributed by atoms with Gasteiger partial charge in [-0.25, -0.2) is 0 Å². The number of non-ortho nitro benzene ring substituents is 1. The number of nitro benzene ring substituents is 1. The first kappa shape index (κ1) is 21.1. The minimum Gasteiger partial charge on any atom is -0.488 e. The number of nitro groups is 1. The standard InChI is InChI=1S/C23H23N3O4S/c1-16-10-12-25(13-11-16)23-24-22(27)21(31-23)14-18-4-2-3-5-20(18)30-15-17-6-8-19(9-7-17)26(28)29/h2-9,14,16H,10-13,15H2,1H3. The van der Waals surface area contributed by atoms with Gasteiger partial charge in [0.25, 0.3) is 11.6 Å². The Labute approximate surface area is 185 Å². The monoisotopic (exact) mass is 437 g/mol. The zero-order chi connectivity index (χ0) is 21.8. The van der Waals surface area contributed by atoms with Crippen molar-refractivity contribution in [1.29, 1.82) is 0 Å². The van der Waals surface area contributed by atoms with Gasteiger partial charge in [0.2, 0.25) is 0 Å². The van der Waals surface area contributed by atoms with E-state index < -0.39 is 4.92 Å². The van der Waals surface area contributed by atoms with Gasteiger partial charge in [0.15, 0.2) is 5.17 Å². The summed E-state index contributed by atoms with van der Waals surface area (Å²) >= 11 is 1.42. The number of benzene rings is 2. The smallest absolute Gasteiger partial charge is 0.286 e. The van der Waals surface area contributed by atoms with Crippen molar-refractivity contribution in [3.05, 3.63) is 74.7 Å². The van der Waals surface area contributed by atoms with Crippen LogP contribution in [0.1, 0.15) is 30.9 Å². The lowest BCUT2D eigenvalue weighted by atomic mass is 10.00. The fourth-order valence-electron chi connectivity index (χ4n) is 3.48. The van der Waals surface area contributed by atoms with Crippen molar-refractivity contribution in [2.75, 3.05) is 13.1 Å². The third-order valence-electron chi connectivity index (χ3n) is 5.41. The van der Waals surface area contributed by atoms with Gasteiger partial charge in [0.1, 0.15) is 12.4 Å². The molecule has 0 saturated carbocycles. The number of amides is 1. The lowest BCUT2D eigenvalue weighted by Crippen LogP contribution is -2.35. The highest BCUT2D eigenvalue weighted by atomic mass is 32.2. The van der Waals surface area contributed by atoms with Crippen LogP contribution in [0.25, 0.3) is 6.08 Å². The van der Waals surface area contributed by atoms with Crippen LogP contribution in [0.2, 0.25) is 0 Å². The number of likely N-dealkylation sites (tertiary alicyclic amines) is 1. The van der Waals surface area contributed by atoms with Crippen molar-refractivity contribution >= 4 is 34.6 Å². The molecule has 2 aromatic carbocycles. The highest BCUT2D eigenvalue weighted by Crippen LogP contribution is 2.34. The van der Waals surface area contributed by atoms with E-state index in [1.807, 2.05) is 30.3 Å². The Morgan fingerprint density at radius 1 is 1.19 bits per heavy atom. The first-order valence-electron chi connectivity index (χ1n) is 10.2. The molecule has 1 fully saturated rings. The summed E-state index contributed by atoms with van der Waals surface area (Å²) in [6, 6.07) is 13.8. The maximum Gasteiger partial charge on any atom is 0.286 e. The van der Waals surface area contributed by atoms with E-state index in [-0.39, 0.29) is 18.2 Å². The topological polar surface area (TPSA) is 85.0 Å². The second kappa shape index (κ2) is 9.34. The van der Waals surface area contributed by atoms with Crippen molar-refractivity contribution in [1.82, 2.24) is 4.90 Å². The van der Waals surface area contributed by atoms with Crippen LogP contribution in [0.5, 0.6) is 5.75 Å². The number of amidine groups is 1. The maximum absolute atomic E-state index is 12.5. The van der Waals surface area contributed by atoms with Crippen molar-refractivity contribution in [3.63, 3.8) is 0 Å². The lowest BCUT2D eigenvalue weighted by molar-refractivity contribution is -0.384. The molecule has 2 aromatic rings. The van der Waals surface area contributed by atoms with Crippen LogP contribution in [0.4, 0.5) is 5.69 Å². The molecule has 0 atom stereocenters. The summed E-state index contributed by atoms with van der Waals surface area (Å²) < 4.78 is 5.94. The molecular weight excluding hydrogens is 414 g/mol. The molecule has 4 rings (SSSR count). The molecule has 31 heavy (non-hydrogen) atoms. The fourth-order valence-corrected chi connectivity index (χ4v) is 4.44. The molecule has 160 valence electrons. The van der Waals surface area contributed by atoms with Crippen LogP contribution in [0.3, 0.4) is 0 Å². The van der Waals surface area contributed by atoms with Crippen LogP contribution in [-0.2, 0) is 11.4 Å². The van der Waals surface area contributed by atoms with E-state index in [0.29, 0.717) is 16.6 Å². The van der Waals surface area contributed by atoms with E-state index in [0.717, 1.165) is 42.2 Å². The number of ether oxygens (including phenoxy) is 1. The zero-order valence-corrected chi connectivity index (χ0v) is 18.0. The Morgan fingerprint density at radius 2 is 1.90 bits per heavy atom.